The van der Waals surface area contributed by atoms with Crippen LogP contribution in [-0.2, 0) is 6.18 Å². The number of nitrogens with zero attached hydrogens (tertiary/aromatic N) is 1. The molecule has 0 saturated heterocycles. The Morgan fingerprint density at radius 3 is 2.41 bits per heavy atom. The normalized spacial score (nSPS) is 11.6. The van der Waals surface area contributed by atoms with Gasteiger partial charge in [-0.25, -0.2) is 5.43 Å². The molecule has 0 bridgehead atoms. The van der Waals surface area contributed by atoms with Crippen LogP contribution in [0.15, 0.2) is 53.6 Å². The van der Waals surface area contributed by atoms with E-state index in [2.05, 4.69) is 10.5 Å². The molecule has 0 fully saturated rings. The first-order valence-electron chi connectivity index (χ1n) is 6.12. The number of carbonyl (C=O) groups excluding carboxylic acids is 1. The molecule has 0 radical (unpaired) electrons. The lowest BCUT2D eigenvalue weighted by Crippen LogP contribution is -2.18. The van der Waals surface area contributed by atoms with Crippen LogP contribution >= 0.6 is 11.6 Å². The highest BCUT2D eigenvalue weighted by atomic mass is 35.5. The highest BCUT2D eigenvalue weighted by molar-refractivity contribution is 6.30. The van der Waals surface area contributed by atoms with Crippen LogP contribution in [0.2, 0.25) is 5.02 Å². The molecule has 0 aliphatic heterocycles. The van der Waals surface area contributed by atoms with Gasteiger partial charge in [-0.3, -0.25) is 4.79 Å². The van der Waals surface area contributed by atoms with Crippen LogP contribution in [0.4, 0.5) is 13.2 Å². The van der Waals surface area contributed by atoms with Crippen LogP contribution in [0.1, 0.15) is 21.5 Å². The van der Waals surface area contributed by atoms with E-state index in [1.54, 1.807) is 24.3 Å². The molecule has 0 aliphatic rings. The average molecular weight is 327 g/mol. The van der Waals surface area contributed by atoms with Gasteiger partial charge in [-0.15, -0.1) is 0 Å². The van der Waals surface area contributed by atoms with E-state index in [9.17, 15) is 18.0 Å². The summed E-state index contributed by atoms with van der Waals surface area (Å²) in [7, 11) is 0. The van der Waals surface area contributed by atoms with Gasteiger partial charge in [-0.05, 0) is 42.0 Å². The number of halogens is 4. The third kappa shape index (κ3) is 4.33. The van der Waals surface area contributed by atoms with Crippen molar-refractivity contribution in [2.24, 2.45) is 5.10 Å². The maximum atomic E-state index is 12.4. The first-order valence-corrected chi connectivity index (χ1v) is 6.50. The third-order valence-corrected chi connectivity index (χ3v) is 2.94. The number of rotatable bonds is 3. The summed E-state index contributed by atoms with van der Waals surface area (Å²) in [6.07, 6.45) is -3.05. The lowest BCUT2D eigenvalue weighted by Gasteiger charge is -2.06. The molecule has 1 N–H and O–H groups in total. The molecule has 2 aromatic rings. The Balaban J connectivity index is 2.00. The summed E-state index contributed by atoms with van der Waals surface area (Å²) in [6, 6.07) is 10.7. The summed E-state index contributed by atoms with van der Waals surface area (Å²) >= 11 is 5.79. The first kappa shape index (κ1) is 16.0. The fourth-order valence-corrected chi connectivity index (χ4v) is 1.83. The van der Waals surface area contributed by atoms with E-state index in [-0.39, 0.29) is 5.56 Å². The number of amides is 1. The van der Waals surface area contributed by atoms with Gasteiger partial charge in [0.1, 0.15) is 0 Å². The van der Waals surface area contributed by atoms with E-state index < -0.39 is 17.6 Å². The van der Waals surface area contributed by atoms with Gasteiger partial charge >= 0.3 is 6.18 Å². The predicted octanol–water partition coefficient (Wildman–Crippen LogP) is 4.12. The van der Waals surface area contributed by atoms with Gasteiger partial charge in [-0.1, -0.05) is 23.7 Å². The van der Waals surface area contributed by atoms with Crippen molar-refractivity contribution in [3.05, 3.63) is 70.2 Å². The highest BCUT2D eigenvalue weighted by Gasteiger charge is 2.30. The molecule has 1 amide bonds. The van der Waals surface area contributed by atoms with Gasteiger partial charge in [0.25, 0.3) is 5.91 Å². The van der Waals surface area contributed by atoms with E-state index in [1.807, 2.05) is 0 Å². The number of hydrogen-bond donors (Lipinski definition) is 1. The zero-order chi connectivity index (χ0) is 16.2. The Morgan fingerprint density at radius 2 is 1.82 bits per heavy atom. The monoisotopic (exact) mass is 326 g/mol. The van der Waals surface area contributed by atoms with Crippen molar-refractivity contribution in [3.63, 3.8) is 0 Å². The second kappa shape index (κ2) is 6.62. The summed E-state index contributed by atoms with van der Waals surface area (Å²) in [6.45, 7) is 0. The van der Waals surface area contributed by atoms with Gasteiger partial charge in [0.05, 0.1) is 11.8 Å². The van der Waals surface area contributed by atoms with Crippen LogP contribution in [0.3, 0.4) is 0 Å². The van der Waals surface area contributed by atoms with Crippen LogP contribution < -0.4 is 5.43 Å². The second-order valence-corrected chi connectivity index (χ2v) is 4.77. The number of alkyl halides is 3. The maximum absolute atomic E-state index is 12.4. The molecule has 0 saturated carbocycles. The van der Waals surface area contributed by atoms with E-state index in [4.69, 9.17) is 11.6 Å². The molecular weight excluding hydrogens is 317 g/mol. The number of hydrogen-bond acceptors (Lipinski definition) is 2. The Bertz CT molecular complexity index is 697. The smallest absolute Gasteiger partial charge is 0.267 e. The number of carbonyl (C=O) groups is 1. The van der Waals surface area contributed by atoms with Crippen molar-refractivity contribution in [1.29, 1.82) is 0 Å². The van der Waals surface area contributed by atoms with Crippen LogP contribution in [0.25, 0.3) is 0 Å². The van der Waals surface area contributed by atoms with Crippen molar-refractivity contribution in [3.8, 4) is 0 Å². The minimum absolute atomic E-state index is 0.0799. The van der Waals surface area contributed by atoms with Crippen molar-refractivity contribution in [2.75, 3.05) is 0 Å². The fourth-order valence-electron chi connectivity index (χ4n) is 1.63. The fraction of sp³-hybridized carbons (Fsp3) is 0.0667. The van der Waals surface area contributed by atoms with Crippen molar-refractivity contribution < 1.29 is 18.0 Å². The maximum Gasteiger partial charge on any atom is 0.416 e. The molecule has 22 heavy (non-hydrogen) atoms. The first-order chi connectivity index (χ1) is 10.4. The Kier molecular flexibility index (Phi) is 4.82. The summed E-state index contributed by atoms with van der Waals surface area (Å²) in [5.74, 6) is -0.605. The second-order valence-electron chi connectivity index (χ2n) is 4.33. The Morgan fingerprint density at radius 1 is 1.14 bits per heavy atom. The molecule has 0 unspecified atom stereocenters. The van der Waals surface area contributed by atoms with Crippen LogP contribution in [0, 0.1) is 0 Å². The molecule has 2 rings (SSSR count). The largest absolute Gasteiger partial charge is 0.416 e. The molecule has 0 spiro atoms. The van der Waals surface area contributed by atoms with Crippen LogP contribution in [0.5, 0.6) is 0 Å². The molecule has 0 aromatic heterocycles. The lowest BCUT2D eigenvalue weighted by molar-refractivity contribution is -0.137. The van der Waals surface area contributed by atoms with E-state index in [1.165, 1.54) is 6.21 Å². The minimum Gasteiger partial charge on any atom is -0.267 e. The average Bonchev–Trinajstić information content (AvgIpc) is 2.46. The van der Waals surface area contributed by atoms with Crippen molar-refractivity contribution in [2.45, 2.75) is 6.18 Å². The minimum atomic E-state index is -4.43. The molecule has 0 heterocycles. The van der Waals surface area contributed by atoms with Gasteiger partial charge in [-0.2, -0.15) is 18.3 Å². The lowest BCUT2D eigenvalue weighted by atomic mass is 10.1. The molecule has 0 atom stereocenters. The predicted molar refractivity (Wildman–Crippen MR) is 78.0 cm³/mol. The topological polar surface area (TPSA) is 41.5 Å². The molecule has 0 aliphatic carbocycles. The molecular formula is C15H10ClF3N2O. The standard InChI is InChI=1S/C15H10ClF3N2O/c16-13-3-1-2-10(8-13)9-20-21-14(22)11-4-6-12(7-5-11)15(17,18)19/h1-9H,(H,21,22)/b20-9+. The molecule has 7 heteroatoms. The number of benzene rings is 2. The van der Waals surface area contributed by atoms with Crippen LogP contribution in [-0.4, -0.2) is 12.1 Å². The van der Waals surface area contributed by atoms with Gasteiger partial charge < -0.3 is 0 Å². The summed E-state index contributed by atoms with van der Waals surface area (Å²) in [4.78, 5) is 11.7. The van der Waals surface area contributed by atoms with E-state index >= 15 is 0 Å². The summed E-state index contributed by atoms with van der Waals surface area (Å²) in [5.41, 5.74) is 2.18. The summed E-state index contributed by atoms with van der Waals surface area (Å²) < 4.78 is 37.2. The van der Waals surface area contributed by atoms with Gasteiger partial charge in [0, 0.05) is 10.6 Å². The molecule has 2 aromatic carbocycles. The van der Waals surface area contributed by atoms with Gasteiger partial charge in [0.2, 0.25) is 0 Å². The Hall–Kier alpha value is -2.34. The van der Waals surface area contributed by atoms with Crippen molar-refractivity contribution in [1.82, 2.24) is 5.43 Å². The quantitative estimate of drug-likeness (QED) is 0.669. The van der Waals surface area contributed by atoms with Gasteiger partial charge in [0.15, 0.2) is 0 Å². The van der Waals surface area contributed by atoms with Crippen molar-refractivity contribution >= 4 is 23.7 Å². The molecule has 3 nitrogen and oxygen atoms in total. The Labute approximate surface area is 129 Å². The number of nitrogens with one attached hydrogen (secondary N) is 1. The highest BCUT2D eigenvalue weighted by Crippen LogP contribution is 2.29. The SMILES string of the molecule is O=C(N/N=C/c1cccc(Cl)c1)c1ccc(C(F)(F)F)cc1. The molecule has 114 valence electrons. The zero-order valence-electron chi connectivity index (χ0n) is 11.1. The zero-order valence-corrected chi connectivity index (χ0v) is 11.8. The van der Waals surface area contributed by atoms with E-state index in [0.717, 1.165) is 24.3 Å². The van der Waals surface area contributed by atoms with E-state index in [0.29, 0.717) is 10.6 Å². The third-order valence-electron chi connectivity index (χ3n) is 2.70. The summed E-state index contributed by atoms with van der Waals surface area (Å²) in [5, 5.41) is 4.25. The number of hydrazone groups is 1.